The fraction of sp³-hybridized carbons (Fsp3) is 0.750. The van der Waals surface area contributed by atoms with Crippen molar-refractivity contribution in [3.8, 4) is 0 Å². The van der Waals surface area contributed by atoms with Gasteiger partial charge in [0, 0.05) is 25.3 Å². The number of aliphatic hydroxyl groups is 1. The Balaban J connectivity index is 2.49. The highest BCUT2D eigenvalue weighted by Gasteiger charge is 2.12. The molecular formula is C12H23N3O. The Morgan fingerprint density at radius 1 is 1.50 bits per heavy atom. The maximum Gasteiger partial charge on any atom is 0.0587 e. The van der Waals surface area contributed by atoms with Gasteiger partial charge in [-0.3, -0.25) is 4.68 Å². The zero-order chi connectivity index (χ0) is 12.0. The second-order valence-electron chi connectivity index (χ2n) is 4.46. The van der Waals surface area contributed by atoms with Gasteiger partial charge in [-0.05, 0) is 18.4 Å². The Kier molecular flexibility index (Phi) is 5.49. The average molecular weight is 225 g/mol. The quantitative estimate of drug-likeness (QED) is 0.737. The summed E-state index contributed by atoms with van der Waals surface area (Å²) in [5.41, 5.74) is 1.18. The number of aromatic nitrogens is 2. The van der Waals surface area contributed by atoms with Gasteiger partial charge in [0.25, 0.3) is 0 Å². The molecule has 92 valence electrons. The summed E-state index contributed by atoms with van der Waals surface area (Å²) < 4.78 is 2.02. The van der Waals surface area contributed by atoms with Crippen molar-refractivity contribution in [2.24, 2.45) is 5.92 Å². The highest BCUT2D eigenvalue weighted by atomic mass is 16.3. The summed E-state index contributed by atoms with van der Waals surface area (Å²) in [6.45, 7) is 8.26. The summed E-state index contributed by atoms with van der Waals surface area (Å²) in [4.78, 5) is 0. The molecule has 0 radical (unpaired) electrons. The minimum atomic E-state index is 0.157. The van der Waals surface area contributed by atoms with Crippen LogP contribution in [0.1, 0.15) is 32.9 Å². The van der Waals surface area contributed by atoms with Gasteiger partial charge in [-0.25, -0.2) is 0 Å². The lowest BCUT2D eigenvalue weighted by Crippen LogP contribution is -2.37. The molecule has 1 aromatic heterocycles. The SMILES string of the molecule is CCCn1nccc1CN[C@H](CO)C(C)C. The van der Waals surface area contributed by atoms with Gasteiger partial charge < -0.3 is 10.4 Å². The molecule has 0 saturated carbocycles. The first kappa shape index (κ1) is 13.2. The molecule has 0 aromatic carbocycles. The third-order valence-corrected chi connectivity index (χ3v) is 2.79. The van der Waals surface area contributed by atoms with Crippen LogP contribution in [0.5, 0.6) is 0 Å². The molecule has 0 unspecified atom stereocenters. The molecule has 0 fully saturated rings. The van der Waals surface area contributed by atoms with Crippen LogP contribution in [0.25, 0.3) is 0 Å². The van der Waals surface area contributed by atoms with Crippen LogP contribution in [-0.4, -0.2) is 27.5 Å². The largest absolute Gasteiger partial charge is 0.395 e. The van der Waals surface area contributed by atoms with Crippen LogP contribution in [0.4, 0.5) is 0 Å². The lowest BCUT2D eigenvalue weighted by molar-refractivity contribution is 0.209. The van der Waals surface area contributed by atoms with Crippen LogP contribution in [0, 0.1) is 5.92 Å². The molecular weight excluding hydrogens is 202 g/mol. The number of hydrogen-bond donors (Lipinski definition) is 2. The Bertz CT molecular complexity index is 296. The molecule has 0 aliphatic carbocycles. The lowest BCUT2D eigenvalue weighted by Gasteiger charge is -2.20. The second-order valence-corrected chi connectivity index (χ2v) is 4.46. The van der Waals surface area contributed by atoms with Crippen LogP contribution < -0.4 is 5.32 Å². The topological polar surface area (TPSA) is 50.1 Å². The fourth-order valence-electron chi connectivity index (χ4n) is 1.67. The standard InChI is InChI=1S/C12H23N3O/c1-4-7-15-11(5-6-14-15)8-13-12(9-16)10(2)3/h5-6,10,12-13,16H,4,7-9H2,1-3H3/t12-/m1/s1. The van der Waals surface area contributed by atoms with Crippen molar-refractivity contribution in [3.05, 3.63) is 18.0 Å². The number of nitrogens with one attached hydrogen (secondary N) is 1. The van der Waals surface area contributed by atoms with Crippen molar-refractivity contribution < 1.29 is 5.11 Å². The highest BCUT2D eigenvalue weighted by molar-refractivity contribution is 5.00. The highest BCUT2D eigenvalue weighted by Crippen LogP contribution is 2.04. The second kappa shape index (κ2) is 6.66. The molecule has 1 atom stereocenters. The zero-order valence-corrected chi connectivity index (χ0v) is 10.5. The zero-order valence-electron chi connectivity index (χ0n) is 10.5. The van der Waals surface area contributed by atoms with E-state index >= 15 is 0 Å². The van der Waals surface area contributed by atoms with Crippen molar-refractivity contribution in [3.63, 3.8) is 0 Å². The minimum Gasteiger partial charge on any atom is -0.395 e. The normalized spacial score (nSPS) is 13.3. The number of nitrogens with zero attached hydrogens (tertiary/aromatic N) is 2. The van der Waals surface area contributed by atoms with E-state index < -0.39 is 0 Å². The molecule has 1 rings (SSSR count). The maximum atomic E-state index is 9.21. The summed E-state index contributed by atoms with van der Waals surface area (Å²) in [6, 6.07) is 2.18. The van der Waals surface area contributed by atoms with Gasteiger partial charge in [0.1, 0.15) is 0 Å². The van der Waals surface area contributed by atoms with Crippen LogP contribution >= 0.6 is 0 Å². The Morgan fingerprint density at radius 2 is 2.25 bits per heavy atom. The van der Waals surface area contributed by atoms with E-state index in [9.17, 15) is 5.11 Å². The first-order chi connectivity index (χ1) is 7.69. The lowest BCUT2D eigenvalue weighted by atomic mass is 10.1. The first-order valence-corrected chi connectivity index (χ1v) is 6.04. The van der Waals surface area contributed by atoms with E-state index in [1.165, 1.54) is 5.69 Å². The number of aliphatic hydroxyl groups excluding tert-OH is 1. The number of aryl methyl sites for hydroxylation is 1. The third kappa shape index (κ3) is 3.61. The van der Waals surface area contributed by atoms with E-state index in [1.54, 1.807) is 0 Å². The van der Waals surface area contributed by atoms with Gasteiger partial charge in [-0.15, -0.1) is 0 Å². The van der Waals surface area contributed by atoms with E-state index in [-0.39, 0.29) is 12.6 Å². The molecule has 16 heavy (non-hydrogen) atoms. The van der Waals surface area contributed by atoms with Crippen LogP contribution in [0.15, 0.2) is 12.3 Å². The average Bonchev–Trinajstić information content (AvgIpc) is 2.67. The van der Waals surface area contributed by atoms with E-state index in [4.69, 9.17) is 0 Å². The Hall–Kier alpha value is -0.870. The summed E-state index contributed by atoms with van der Waals surface area (Å²) in [6.07, 6.45) is 2.91. The summed E-state index contributed by atoms with van der Waals surface area (Å²) in [5.74, 6) is 0.438. The van der Waals surface area contributed by atoms with Gasteiger partial charge >= 0.3 is 0 Å². The van der Waals surface area contributed by atoms with Gasteiger partial charge in [-0.2, -0.15) is 5.10 Å². The van der Waals surface area contributed by atoms with Gasteiger partial charge in [0.2, 0.25) is 0 Å². The molecule has 0 aliphatic heterocycles. The summed E-state index contributed by atoms with van der Waals surface area (Å²) in [7, 11) is 0. The Labute approximate surface area is 97.7 Å². The maximum absolute atomic E-state index is 9.21. The van der Waals surface area contributed by atoms with Gasteiger partial charge in [-0.1, -0.05) is 20.8 Å². The van der Waals surface area contributed by atoms with Crippen LogP contribution in [-0.2, 0) is 13.1 Å². The Morgan fingerprint density at radius 3 is 2.81 bits per heavy atom. The molecule has 1 heterocycles. The van der Waals surface area contributed by atoms with Crippen molar-refractivity contribution in [1.29, 1.82) is 0 Å². The number of rotatable bonds is 7. The molecule has 1 aromatic rings. The third-order valence-electron chi connectivity index (χ3n) is 2.79. The minimum absolute atomic E-state index is 0.157. The predicted octanol–water partition coefficient (Wildman–Crippen LogP) is 1.40. The van der Waals surface area contributed by atoms with Crippen LogP contribution in [0.2, 0.25) is 0 Å². The fourth-order valence-corrected chi connectivity index (χ4v) is 1.67. The van der Waals surface area contributed by atoms with Crippen molar-refractivity contribution in [2.75, 3.05) is 6.61 Å². The van der Waals surface area contributed by atoms with E-state index in [1.807, 2.05) is 16.9 Å². The predicted molar refractivity (Wildman–Crippen MR) is 65.1 cm³/mol. The molecule has 0 bridgehead atoms. The number of hydrogen-bond acceptors (Lipinski definition) is 3. The van der Waals surface area contributed by atoms with Gasteiger partial charge in [0.15, 0.2) is 0 Å². The monoisotopic (exact) mass is 225 g/mol. The van der Waals surface area contributed by atoms with Crippen molar-refractivity contribution >= 4 is 0 Å². The molecule has 0 spiro atoms. The molecule has 0 aliphatic rings. The van der Waals surface area contributed by atoms with E-state index in [0.29, 0.717) is 5.92 Å². The smallest absolute Gasteiger partial charge is 0.0587 e. The molecule has 2 N–H and O–H groups in total. The molecule has 0 saturated heterocycles. The van der Waals surface area contributed by atoms with Crippen molar-refractivity contribution in [1.82, 2.24) is 15.1 Å². The summed E-state index contributed by atoms with van der Waals surface area (Å²) >= 11 is 0. The molecule has 0 amide bonds. The van der Waals surface area contributed by atoms with Crippen molar-refractivity contribution in [2.45, 2.75) is 46.3 Å². The first-order valence-electron chi connectivity index (χ1n) is 6.04. The van der Waals surface area contributed by atoms with Crippen LogP contribution in [0.3, 0.4) is 0 Å². The van der Waals surface area contributed by atoms with E-state index in [2.05, 4.69) is 31.2 Å². The van der Waals surface area contributed by atoms with E-state index in [0.717, 1.165) is 19.5 Å². The summed E-state index contributed by atoms with van der Waals surface area (Å²) in [5, 5.41) is 16.8. The molecule has 4 nitrogen and oxygen atoms in total. The molecule has 4 heteroatoms. The van der Waals surface area contributed by atoms with Gasteiger partial charge in [0.05, 0.1) is 12.3 Å².